The summed E-state index contributed by atoms with van der Waals surface area (Å²) < 4.78 is 5.73. The lowest BCUT2D eigenvalue weighted by atomic mass is 9.86. The van der Waals surface area contributed by atoms with Gasteiger partial charge >= 0.3 is 0 Å². The van der Waals surface area contributed by atoms with Crippen molar-refractivity contribution in [2.24, 2.45) is 5.92 Å². The standard InChI is InChI=1S/C15H21NOS/c18-11-13-6-14-9-17-10-15(7-13)16(14)8-12-4-2-1-3-5-12/h1-5,13-15,18H,6-11H2. The molecule has 3 rings (SSSR count). The maximum absolute atomic E-state index is 5.73. The van der Waals surface area contributed by atoms with Crippen LogP contribution in [0.15, 0.2) is 30.3 Å². The predicted octanol–water partition coefficient (Wildman–Crippen LogP) is 2.60. The smallest absolute Gasteiger partial charge is 0.0623 e. The van der Waals surface area contributed by atoms with Crippen LogP contribution in [0.1, 0.15) is 18.4 Å². The third-order valence-electron chi connectivity index (χ3n) is 4.24. The van der Waals surface area contributed by atoms with E-state index in [0.29, 0.717) is 12.1 Å². The fourth-order valence-corrected chi connectivity index (χ4v) is 3.60. The topological polar surface area (TPSA) is 12.5 Å². The van der Waals surface area contributed by atoms with Gasteiger partial charge in [-0.2, -0.15) is 12.6 Å². The molecule has 2 aliphatic heterocycles. The number of ether oxygens (including phenoxy) is 1. The molecule has 2 unspecified atom stereocenters. The number of hydrogen-bond donors (Lipinski definition) is 1. The number of rotatable bonds is 3. The lowest BCUT2D eigenvalue weighted by Crippen LogP contribution is -2.56. The van der Waals surface area contributed by atoms with Gasteiger partial charge in [-0.1, -0.05) is 30.3 Å². The average Bonchev–Trinajstić information content (AvgIpc) is 2.39. The monoisotopic (exact) mass is 263 g/mol. The molecule has 0 N–H and O–H groups in total. The number of hydrogen-bond acceptors (Lipinski definition) is 3. The van der Waals surface area contributed by atoms with E-state index in [1.54, 1.807) is 0 Å². The van der Waals surface area contributed by atoms with Gasteiger partial charge in [-0.25, -0.2) is 0 Å². The Balaban J connectivity index is 1.72. The van der Waals surface area contributed by atoms with Crippen LogP contribution in [0.4, 0.5) is 0 Å². The predicted molar refractivity (Wildman–Crippen MR) is 77.0 cm³/mol. The maximum atomic E-state index is 5.73. The Bertz CT molecular complexity index is 369. The highest BCUT2D eigenvalue weighted by Gasteiger charge is 2.38. The van der Waals surface area contributed by atoms with Crippen molar-refractivity contribution in [1.29, 1.82) is 0 Å². The van der Waals surface area contributed by atoms with Crippen LogP contribution in [0.3, 0.4) is 0 Å². The van der Waals surface area contributed by atoms with Crippen LogP contribution >= 0.6 is 12.6 Å². The fourth-order valence-electron chi connectivity index (χ4n) is 3.30. The molecule has 1 aromatic carbocycles. The fraction of sp³-hybridized carbons (Fsp3) is 0.600. The summed E-state index contributed by atoms with van der Waals surface area (Å²) in [5.74, 6) is 1.80. The second-order valence-electron chi connectivity index (χ2n) is 5.52. The van der Waals surface area contributed by atoms with Crippen molar-refractivity contribution >= 4 is 12.6 Å². The zero-order valence-electron chi connectivity index (χ0n) is 10.7. The van der Waals surface area contributed by atoms with Crippen LogP contribution in [-0.2, 0) is 11.3 Å². The Morgan fingerprint density at radius 2 is 1.78 bits per heavy atom. The van der Waals surface area contributed by atoms with Gasteiger partial charge in [0.1, 0.15) is 0 Å². The van der Waals surface area contributed by atoms with Crippen molar-refractivity contribution in [1.82, 2.24) is 4.90 Å². The summed E-state index contributed by atoms with van der Waals surface area (Å²) >= 11 is 4.48. The summed E-state index contributed by atoms with van der Waals surface area (Å²) in [6, 6.07) is 12.0. The van der Waals surface area contributed by atoms with E-state index in [4.69, 9.17) is 4.74 Å². The molecule has 2 heterocycles. The lowest BCUT2D eigenvalue weighted by molar-refractivity contribution is -0.0890. The first-order valence-corrected chi connectivity index (χ1v) is 7.48. The summed E-state index contributed by atoms with van der Waals surface area (Å²) in [4.78, 5) is 2.65. The maximum Gasteiger partial charge on any atom is 0.0623 e. The Labute approximate surface area is 115 Å². The van der Waals surface area contributed by atoms with Gasteiger partial charge in [-0.05, 0) is 30.1 Å². The van der Waals surface area contributed by atoms with Crippen LogP contribution < -0.4 is 0 Å². The molecule has 2 bridgehead atoms. The van der Waals surface area contributed by atoms with E-state index in [0.717, 1.165) is 31.4 Å². The normalized spacial score (nSPS) is 32.4. The van der Waals surface area contributed by atoms with Crippen LogP contribution in [-0.4, -0.2) is 36.0 Å². The van der Waals surface area contributed by atoms with Gasteiger partial charge in [-0.3, -0.25) is 4.90 Å². The van der Waals surface area contributed by atoms with Crippen LogP contribution in [0.2, 0.25) is 0 Å². The average molecular weight is 263 g/mol. The van der Waals surface area contributed by atoms with Crippen molar-refractivity contribution in [3.63, 3.8) is 0 Å². The van der Waals surface area contributed by atoms with Gasteiger partial charge in [0.15, 0.2) is 0 Å². The molecular formula is C15H21NOS. The quantitative estimate of drug-likeness (QED) is 0.842. The molecule has 18 heavy (non-hydrogen) atoms. The van der Waals surface area contributed by atoms with Gasteiger partial charge in [0.25, 0.3) is 0 Å². The minimum absolute atomic E-state index is 0.592. The zero-order chi connectivity index (χ0) is 12.4. The molecule has 98 valence electrons. The van der Waals surface area contributed by atoms with E-state index < -0.39 is 0 Å². The molecule has 2 aliphatic rings. The van der Waals surface area contributed by atoms with Crippen LogP contribution in [0, 0.1) is 5.92 Å². The second-order valence-corrected chi connectivity index (χ2v) is 5.89. The Hall–Kier alpha value is -0.510. The molecule has 2 nitrogen and oxygen atoms in total. The minimum Gasteiger partial charge on any atom is -0.378 e. The molecule has 2 saturated heterocycles. The SMILES string of the molecule is SCC1CC2COCC(C1)N2Cc1ccccc1. The highest BCUT2D eigenvalue weighted by Crippen LogP contribution is 2.33. The van der Waals surface area contributed by atoms with Crippen molar-refractivity contribution in [2.45, 2.75) is 31.5 Å². The van der Waals surface area contributed by atoms with Crippen molar-refractivity contribution in [3.05, 3.63) is 35.9 Å². The molecule has 0 aromatic heterocycles. The molecule has 0 spiro atoms. The number of morpholine rings is 1. The van der Waals surface area contributed by atoms with Crippen LogP contribution in [0.5, 0.6) is 0 Å². The number of piperidine rings is 1. The van der Waals surface area contributed by atoms with E-state index in [-0.39, 0.29) is 0 Å². The first-order valence-electron chi connectivity index (χ1n) is 6.85. The molecule has 2 atom stereocenters. The number of nitrogens with zero attached hydrogens (tertiary/aromatic N) is 1. The molecule has 0 aliphatic carbocycles. The summed E-state index contributed by atoms with van der Waals surface area (Å²) in [6.07, 6.45) is 2.49. The second kappa shape index (κ2) is 5.64. The minimum atomic E-state index is 0.592. The first kappa shape index (κ1) is 12.5. The van der Waals surface area contributed by atoms with Crippen molar-refractivity contribution in [2.75, 3.05) is 19.0 Å². The van der Waals surface area contributed by atoms with Gasteiger partial charge in [0.2, 0.25) is 0 Å². The summed E-state index contributed by atoms with van der Waals surface area (Å²) in [6.45, 7) is 2.86. The molecule has 1 aromatic rings. The van der Waals surface area contributed by atoms with Crippen molar-refractivity contribution in [3.8, 4) is 0 Å². The number of thiol groups is 1. The first-order chi connectivity index (χ1) is 8.86. The number of benzene rings is 1. The summed E-state index contributed by atoms with van der Waals surface area (Å²) in [5, 5.41) is 0. The zero-order valence-corrected chi connectivity index (χ0v) is 11.6. The molecular weight excluding hydrogens is 242 g/mol. The van der Waals surface area contributed by atoms with Gasteiger partial charge in [0.05, 0.1) is 13.2 Å². The van der Waals surface area contributed by atoms with Gasteiger partial charge < -0.3 is 4.74 Å². The Kier molecular flexibility index (Phi) is 3.92. The summed E-state index contributed by atoms with van der Waals surface area (Å²) in [5.41, 5.74) is 1.42. The van der Waals surface area contributed by atoms with E-state index in [1.165, 1.54) is 18.4 Å². The lowest BCUT2D eigenvalue weighted by Gasteiger charge is -2.48. The van der Waals surface area contributed by atoms with E-state index in [1.807, 2.05) is 0 Å². The van der Waals surface area contributed by atoms with E-state index in [9.17, 15) is 0 Å². The summed E-state index contributed by atoms with van der Waals surface area (Å²) in [7, 11) is 0. The molecule has 2 fully saturated rings. The van der Waals surface area contributed by atoms with E-state index >= 15 is 0 Å². The Morgan fingerprint density at radius 1 is 1.11 bits per heavy atom. The molecule has 0 saturated carbocycles. The Morgan fingerprint density at radius 3 is 2.39 bits per heavy atom. The third-order valence-corrected chi connectivity index (χ3v) is 4.75. The van der Waals surface area contributed by atoms with Crippen molar-refractivity contribution < 1.29 is 4.74 Å². The highest BCUT2D eigenvalue weighted by molar-refractivity contribution is 7.80. The molecule has 3 heteroatoms. The van der Waals surface area contributed by atoms with Gasteiger partial charge in [-0.15, -0.1) is 0 Å². The third kappa shape index (κ3) is 2.58. The molecule has 0 radical (unpaired) electrons. The highest BCUT2D eigenvalue weighted by atomic mass is 32.1. The van der Waals surface area contributed by atoms with E-state index in [2.05, 4.69) is 47.9 Å². The van der Waals surface area contributed by atoms with Gasteiger partial charge in [0, 0.05) is 18.6 Å². The van der Waals surface area contributed by atoms with Crippen LogP contribution in [0.25, 0.3) is 0 Å². The largest absolute Gasteiger partial charge is 0.378 e. The molecule has 0 amide bonds. The number of fused-ring (bicyclic) bond motifs is 2.